The average molecular weight is 303 g/mol. The second-order valence-corrected chi connectivity index (χ2v) is 2.94. The Morgan fingerprint density at radius 3 is 0.714 bits per heavy atom. The predicted molar refractivity (Wildman–Crippen MR) is 34.9 cm³/mol. The van der Waals surface area contributed by atoms with Gasteiger partial charge in [0.15, 0.2) is 0 Å². The van der Waals surface area contributed by atoms with E-state index >= 15 is 0 Å². The molecule has 14 heavy (non-hydrogen) atoms. The van der Waals surface area contributed by atoms with Crippen LogP contribution in [0.25, 0.3) is 0 Å². The molecule has 0 spiro atoms. The van der Waals surface area contributed by atoms with Crippen LogP contribution in [0.5, 0.6) is 0 Å². The molecule has 0 rings (SSSR count). The van der Waals surface area contributed by atoms with E-state index in [1.807, 2.05) is 0 Å². The van der Waals surface area contributed by atoms with E-state index in [2.05, 4.69) is 0 Å². The van der Waals surface area contributed by atoms with Gasteiger partial charge in [0.05, 0.1) is 0 Å². The van der Waals surface area contributed by atoms with E-state index in [-0.39, 0.29) is 33.5 Å². The molecule has 93 valence electrons. The fourth-order valence-corrected chi connectivity index (χ4v) is 0. The van der Waals surface area contributed by atoms with Gasteiger partial charge >= 0.3 is 17.1 Å². The first kappa shape index (κ1) is 36.5. The van der Waals surface area contributed by atoms with Crippen molar-refractivity contribution in [2.75, 3.05) is 0 Å². The van der Waals surface area contributed by atoms with E-state index < -0.39 is 15.6 Å². The summed E-state index contributed by atoms with van der Waals surface area (Å²) < 4.78 is 17.5. The molecule has 0 aromatic rings. The summed E-state index contributed by atoms with van der Waals surface area (Å²) in [4.78, 5) is 45.8. The van der Waals surface area contributed by atoms with Crippen molar-refractivity contribution in [3.8, 4) is 0 Å². The van der Waals surface area contributed by atoms with Gasteiger partial charge in [0.1, 0.15) is 0 Å². The molecule has 0 aromatic heterocycles. The fraction of sp³-hybridized carbons (Fsp3) is 0. The van der Waals surface area contributed by atoms with Crippen LogP contribution in [0.2, 0.25) is 0 Å². The summed E-state index contributed by atoms with van der Waals surface area (Å²) in [5.41, 5.74) is 0. The molecule has 0 aromatic carbocycles. The molecule has 11 nitrogen and oxygen atoms in total. The van der Waals surface area contributed by atoms with Crippen molar-refractivity contribution in [2.24, 2.45) is 0 Å². The third kappa shape index (κ3) is 4440. The SMILES string of the molecule is O.O.O.O=P([O-])(O)O.O=P([O-])(O)O.[Mn+2]. The van der Waals surface area contributed by atoms with Gasteiger partial charge in [-0.1, -0.05) is 0 Å². The summed E-state index contributed by atoms with van der Waals surface area (Å²) in [6.07, 6.45) is 0. The third-order valence-corrected chi connectivity index (χ3v) is 0. The van der Waals surface area contributed by atoms with Crippen LogP contribution < -0.4 is 9.79 Å². The van der Waals surface area contributed by atoms with Crippen molar-refractivity contribution >= 4 is 15.6 Å². The van der Waals surface area contributed by atoms with Crippen molar-refractivity contribution in [3.63, 3.8) is 0 Å². The first-order chi connectivity index (χ1) is 4.00. The van der Waals surface area contributed by atoms with Crippen LogP contribution in [0, 0.1) is 0 Å². The first-order valence-corrected chi connectivity index (χ1v) is 4.59. The molecule has 0 bridgehead atoms. The molecule has 0 saturated carbocycles. The summed E-state index contributed by atoms with van der Waals surface area (Å²) in [5.74, 6) is 0. The zero-order valence-electron chi connectivity index (χ0n) is 6.19. The molecule has 0 fully saturated rings. The van der Waals surface area contributed by atoms with E-state index in [0.29, 0.717) is 0 Å². The molecule has 0 saturated heterocycles. The number of rotatable bonds is 0. The van der Waals surface area contributed by atoms with Crippen LogP contribution in [0.15, 0.2) is 0 Å². The van der Waals surface area contributed by atoms with Gasteiger partial charge in [-0.2, -0.15) is 0 Å². The number of hydrogen-bond donors (Lipinski definition) is 4. The van der Waals surface area contributed by atoms with E-state index in [4.69, 9.17) is 38.5 Å². The van der Waals surface area contributed by atoms with Crippen molar-refractivity contribution < 1.29 is 72.0 Å². The zero-order valence-corrected chi connectivity index (χ0v) is 9.16. The number of phosphoric acid groups is 2. The molecule has 0 aliphatic heterocycles. The molecule has 0 atom stereocenters. The normalized spacial score (nSPS) is 8.43. The zero-order chi connectivity index (χ0) is 9.00. The second-order valence-electron chi connectivity index (χ2n) is 0.981. The quantitative estimate of drug-likeness (QED) is 0.247. The Balaban J connectivity index is -0.0000000178. The Labute approximate surface area is 88.3 Å². The predicted octanol–water partition coefficient (Wildman–Crippen LogP) is -5.60. The van der Waals surface area contributed by atoms with Crippen molar-refractivity contribution in [1.82, 2.24) is 0 Å². The molecular formula is H10MnO11P2. The van der Waals surface area contributed by atoms with E-state index in [1.165, 1.54) is 0 Å². The summed E-state index contributed by atoms with van der Waals surface area (Å²) >= 11 is 0. The molecule has 0 aliphatic carbocycles. The van der Waals surface area contributed by atoms with Gasteiger partial charge in [-0.05, 0) is 0 Å². The summed E-state index contributed by atoms with van der Waals surface area (Å²) in [7, 11) is -9.78. The van der Waals surface area contributed by atoms with Gasteiger partial charge in [0, 0.05) is 0 Å². The Kier molecular flexibility index (Phi) is 35.5. The Morgan fingerprint density at radius 2 is 0.714 bits per heavy atom. The fourth-order valence-electron chi connectivity index (χ4n) is 0. The standard InChI is InChI=1S/Mn.2H3O4P.3H2O/c;2*1-5(2,3)4;;;/h;2*(H3,1,2,3,4);3*1H2/q+2;;;;;/p-2. The smallest absolute Gasteiger partial charge is 0.756 e. The molecule has 0 amide bonds. The second kappa shape index (κ2) is 13.6. The van der Waals surface area contributed by atoms with Gasteiger partial charge in [0.25, 0.3) is 15.6 Å². The monoisotopic (exact) mass is 303 g/mol. The molecule has 0 unspecified atom stereocenters. The minimum absolute atomic E-state index is 0. The molecule has 14 heteroatoms. The van der Waals surface area contributed by atoms with Crippen molar-refractivity contribution in [2.45, 2.75) is 0 Å². The Morgan fingerprint density at radius 1 is 0.714 bits per heavy atom. The average Bonchev–Trinajstić information content (AvgIpc) is 1.12. The van der Waals surface area contributed by atoms with Crippen LogP contribution >= 0.6 is 15.6 Å². The van der Waals surface area contributed by atoms with Gasteiger partial charge in [-0.3, -0.25) is 9.13 Å². The Hall–Kier alpha value is 0.619. The van der Waals surface area contributed by atoms with Crippen LogP contribution in [0.4, 0.5) is 0 Å². The minimum Gasteiger partial charge on any atom is -0.756 e. The molecule has 0 heterocycles. The van der Waals surface area contributed by atoms with E-state index in [9.17, 15) is 0 Å². The summed E-state index contributed by atoms with van der Waals surface area (Å²) in [5, 5.41) is 0. The van der Waals surface area contributed by atoms with E-state index in [0.717, 1.165) is 0 Å². The van der Waals surface area contributed by atoms with Crippen molar-refractivity contribution in [3.05, 3.63) is 0 Å². The third-order valence-electron chi connectivity index (χ3n) is 0. The first-order valence-electron chi connectivity index (χ1n) is 1.53. The Bertz CT molecular complexity index is 126. The maximum absolute atomic E-state index is 8.77. The molecule has 10 N–H and O–H groups in total. The summed E-state index contributed by atoms with van der Waals surface area (Å²) in [6.45, 7) is 0. The van der Waals surface area contributed by atoms with Crippen LogP contribution in [0.1, 0.15) is 0 Å². The summed E-state index contributed by atoms with van der Waals surface area (Å²) in [6, 6.07) is 0. The van der Waals surface area contributed by atoms with Gasteiger partial charge < -0.3 is 45.8 Å². The van der Waals surface area contributed by atoms with Gasteiger partial charge in [-0.25, -0.2) is 0 Å². The maximum atomic E-state index is 8.77. The topological polar surface area (TPSA) is 256 Å². The van der Waals surface area contributed by atoms with Crippen LogP contribution in [0.3, 0.4) is 0 Å². The van der Waals surface area contributed by atoms with Crippen LogP contribution in [-0.2, 0) is 26.2 Å². The van der Waals surface area contributed by atoms with Gasteiger partial charge in [0.2, 0.25) is 0 Å². The van der Waals surface area contributed by atoms with Crippen LogP contribution in [-0.4, -0.2) is 36.0 Å². The molecular weight excluding hydrogens is 293 g/mol. The molecule has 0 aliphatic rings. The number of hydrogen-bond acceptors (Lipinski definition) is 4. The van der Waals surface area contributed by atoms with E-state index in [1.54, 1.807) is 0 Å². The van der Waals surface area contributed by atoms with Crippen molar-refractivity contribution in [1.29, 1.82) is 0 Å². The maximum Gasteiger partial charge on any atom is 2.00 e. The largest absolute Gasteiger partial charge is 2.00 e. The molecule has 1 radical (unpaired) electrons. The minimum atomic E-state index is -4.89. The van der Waals surface area contributed by atoms with Gasteiger partial charge in [-0.15, -0.1) is 0 Å².